The average molecular weight is 374 g/mol. The van der Waals surface area contributed by atoms with Crippen molar-refractivity contribution >= 4 is 6.08 Å². The Hall–Kier alpha value is -2.23. The molecule has 27 heavy (non-hydrogen) atoms. The van der Waals surface area contributed by atoms with Gasteiger partial charge in [-0.05, 0) is 74.6 Å². The molecule has 2 aromatic carbocycles. The minimum atomic E-state index is -0.897. The number of hydrogen-bond donors (Lipinski definition) is 0. The van der Waals surface area contributed by atoms with Crippen molar-refractivity contribution in [1.29, 1.82) is 0 Å². The summed E-state index contributed by atoms with van der Waals surface area (Å²) in [4.78, 5) is 0. The summed E-state index contributed by atoms with van der Waals surface area (Å²) in [6, 6.07) is 8.36. The summed E-state index contributed by atoms with van der Waals surface area (Å²) in [7, 11) is 0. The number of rotatable bonds is 5. The molecule has 1 saturated carbocycles. The Kier molecular flexibility index (Phi) is 6.25. The van der Waals surface area contributed by atoms with E-state index in [1.165, 1.54) is 12.1 Å². The Morgan fingerprint density at radius 2 is 1.74 bits per heavy atom. The second kappa shape index (κ2) is 8.64. The van der Waals surface area contributed by atoms with Crippen LogP contribution in [0.4, 0.5) is 13.2 Å². The number of benzene rings is 2. The molecule has 144 valence electrons. The van der Waals surface area contributed by atoms with E-state index in [2.05, 4.69) is 0 Å². The van der Waals surface area contributed by atoms with Crippen molar-refractivity contribution in [1.82, 2.24) is 0 Å². The molecule has 0 heterocycles. The predicted molar refractivity (Wildman–Crippen MR) is 102 cm³/mol. The molecule has 0 bridgehead atoms. The van der Waals surface area contributed by atoms with Crippen LogP contribution in [-0.4, -0.2) is 6.61 Å². The molecule has 1 nitrogen and oxygen atoms in total. The van der Waals surface area contributed by atoms with Crippen molar-refractivity contribution in [3.05, 3.63) is 70.5 Å². The number of allylic oxidation sites excluding steroid dienone is 1. The van der Waals surface area contributed by atoms with E-state index < -0.39 is 11.6 Å². The van der Waals surface area contributed by atoms with Crippen LogP contribution in [0.2, 0.25) is 0 Å². The van der Waals surface area contributed by atoms with E-state index >= 15 is 0 Å². The zero-order chi connectivity index (χ0) is 19.4. The van der Waals surface area contributed by atoms with E-state index in [9.17, 15) is 13.2 Å². The third-order valence-corrected chi connectivity index (χ3v) is 5.29. The van der Waals surface area contributed by atoms with Crippen LogP contribution in [0.5, 0.6) is 5.75 Å². The monoisotopic (exact) mass is 374 g/mol. The van der Waals surface area contributed by atoms with E-state index in [4.69, 9.17) is 4.74 Å². The molecule has 2 aromatic rings. The zero-order valence-electron chi connectivity index (χ0n) is 15.8. The number of halogens is 3. The van der Waals surface area contributed by atoms with Gasteiger partial charge in [-0.2, -0.15) is 4.39 Å². The Bertz CT molecular complexity index is 821. The van der Waals surface area contributed by atoms with Crippen LogP contribution in [0.3, 0.4) is 0 Å². The largest absolute Gasteiger partial charge is 0.491 e. The van der Waals surface area contributed by atoms with E-state index in [0.717, 1.165) is 31.2 Å². The van der Waals surface area contributed by atoms with Crippen molar-refractivity contribution in [2.45, 2.75) is 45.4 Å². The van der Waals surface area contributed by atoms with Crippen molar-refractivity contribution in [3.63, 3.8) is 0 Å². The van der Waals surface area contributed by atoms with Gasteiger partial charge in [-0.3, -0.25) is 0 Å². The van der Waals surface area contributed by atoms with Crippen molar-refractivity contribution in [2.75, 3.05) is 6.61 Å². The molecule has 1 aliphatic rings. The quantitative estimate of drug-likeness (QED) is 0.559. The maximum absolute atomic E-state index is 14.4. The average Bonchev–Trinajstić information content (AvgIpc) is 2.66. The predicted octanol–water partition coefficient (Wildman–Crippen LogP) is 6.80. The summed E-state index contributed by atoms with van der Waals surface area (Å²) >= 11 is 0. The van der Waals surface area contributed by atoms with Gasteiger partial charge in [0.2, 0.25) is 5.82 Å². The molecule has 0 aromatic heterocycles. The third kappa shape index (κ3) is 4.55. The molecule has 0 aliphatic heterocycles. The van der Waals surface area contributed by atoms with Crippen LogP contribution >= 0.6 is 0 Å². The van der Waals surface area contributed by atoms with Crippen LogP contribution in [0, 0.1) is 30.3 Å². The molecule has 3 rings (SSSR count). The van der Waals surface area contributed by atoms with Gasteiger partial charge in [0.1, 0.15) is 5.82 Å². The third-order valence-electron chi connectivity index (χ3n) is 5.29. The van der Waals surface area contributed by atoms with Crippen LogP contribution in [0.25, 0.3) is 6.08 Å². The second-order valence-electron chi connectivity index (χ2n) is 7.21. The Morgan fingerprint density at radius 1 is 1.00 bits per heavy atom. The van der Waals surface area contributed by atoms with Gasteiger partial charge in [-0.15, -0.1) is 0 Å². The molecule has 0 spiro atoms. The van der Waals surface area contributed by atoms with Crippen molar-refractivity contribution < 1.29 is 17.9 Å². The summed E-state index contributed by atoms with van der Waals surface area (Å²) in [5.41, 5.74) is 1.92. The Labute approximate surface area is 158 Å². The first kappa shape index (κ1) is 19.5. The minimum absolute atomic E-state index is 0.0101. The molecule has 0 unspecified atom stereocenters. The van der Waals surface area contributed by atoms with Gasteiger partial charge in [-0.1, -0.05) is 30.4 Å². The molecular formula is C23H25F3O. The lowest BCUT2D eigenvalue weighted by atomic mass is 9.78. The van der Waals surface area contributed by atoms with E-state index in [-0.39, 0.29) is 17.5 Å². The lowest BCUT2D eigenvalue weighted by Crippen LogP contribution is -2.14. The summed E-state index contributed by atoms with van der Waals surface area (Å²) in [5.74, 6) is -1.59. The van der Waals surface area contributed by atoms with E-state index in [1.54, 1.807) is 19.1 Å². The lowest BCUT2D eigenvalue weighted by molar-refractivity contribution is 0.310. The maximum atomic E-state index is 14.4. The molecule has 1 fully saturated rings. The lowest BCUT2D eigenvalue weighted by Gasteiger charge is -2.27. The van der Waals surface area contributed by atoms with Gasteiger partial charge in [0.15, 0.2) is 11.6 Å². The van der Waals surface area contributed by atoms with E-state index in [0.29, 0.717) is 23.7 Å². The molecule has 0 radical (unpaired) electrons. The number of hydrogen-bond acceptors (Lipinski definition) is 1. The van der Waals surface area contributed by atoms with Crippen LogP contribution in [-0.2, 0) is 0 Å². The summed E-state index contributed by atoms with van der Waals surface area (Å²) in [6.45, 7) is 3.90. The fraction of sp³-hybridized carbons (Fsp3) is 0.391. The highest BCUT2D eigenvalue weighted by Crippen LogP contribution is 2.39. The van der Waals surface area contributed by atoms with Crippen molar-refractivity contribution in [3.8, 4) is 5.75 Å². The minimum Gasteiger partial charge on any atom is -0.491 e. The Balaban J connectivity index is 1.63. The molecule has 0 amide bonds. The molecule has 0 saturated heterocycles. The standard InChI is InChI=1S/C23H25F3O/c1-3-27-21-13-12-19(22(25)23(21)26)17-9-5-16(6-10-17)7-11-18-8-4-15(2)14-20(18)24/h4,7-8,11-14,16-17H,3,5-6,9-10H2,1-2H3/b11-7+. The highest BCUT2D eigenvalue weighted by atomic mass is 19.2. The SMILES string of the molecule is CCOc1ccc(C2CCC(/C=C/c3ccc(C)cc3F)CC2)c(F)c1F. The smallest absolute Gasteiger partial charge is 0.200 e. The summed E-state index contributed by atoms with van der Waals surface area (Å²) < 4.78 is 47.5. The molecule has 1 aliphatic carbocycles. The maximum Gasteiger partial charge on any atom is 0.200 e. The Morgan fingerprint density at radius 3 is 2.41 bits per heavy atom. The summed E-state index contributed by atoms with van der Waals surface area (Å²) in [6.07, 6.45) is 7.20. The van der Waals surface area contributed by atoms with Gasteiger partial charge >= 0.3 is 0 Å². The van der Waals surface area contributed by atoms with Gasteiger partial charge < -0.3 is 4.74 Å². The fourth-order valence-corrected chi connectivity index (χ4v) is 3.76. The number of ether oxygens (including phenoxy) is 1. The van der Waals surface area contributed by atoms with Gasteiger partial charge in [0.05, 0.1) is 6.61 Å². The van der Waals surface area contributed by atoms with Gasteiger partial charge in [0, 0.05) is 5.56 Å². The fourth-order valence-electron chi connectivity index (χ4n) is 3.76. The molecule has 4 heteroatoms. The zero-order valence-corrected chi connectivity index (χ0v) is 15.8. The first-order valence-corrected chi connectivity index (χ1v) is 9.54. The first-order valence-electron chi connectivity index (χ1n) is 9.54. The molecule has 0 N–H and O–H groups in total. The number of aryl methyl sites for hydroxylation is 1. The second-order valence-corrected chi connectivity index (χ2v) is 7.21. The van der Waals surface area contributed by atoms with Crippen molar-refractivity contribution in [2.24, 2.45) is 5.92 Å². The van der Waals surface area contributed by atoms with Crippen LogP contribution < -0.4 is 4.74 Å². The van der Waals surface area contributed by atoms with Crippen LogP contribution in [0.15, 0.2) is 36.4 Å². The van der Waals surface area contributed by atoms with E-state index in [1.807, 2.05) is 25.1 Å². The normalized spacial score (nSPS) is 20.2. The summed E-state index contributed by atoms with van der Waals surface area (Å²) in [5, 5.41) is 0. The highest BCUT2D eigenvalue weighted by Gasteiger charge is 2.25. The topological polar surface area (TPSA) is 9.23 Å². The van der Waals surface area contributed by atoms with Gasteiger partial charge in [0.25, 0.3) is 0 Å². The molecule has 0 atom stereocenters. The first-order chi connectivity index (χ1) is 13.0. The van der Waals surface area contributed by atoms with Gasteiger partial charge in [-0.25, -0.2) is 8.78 Å². The van der Waals surface area contributed by atoms with Crippen LogP contribution in [0.1, 0.15) is 55.2 Å². The molecular weight excluding hydrogens is 349 g/mol. The highest BCUT2D eigenvalue weighted by molar-refractivity contribution is 5.51.